The molecule has 0 radical (unpaired) electrons. The molecule has 1 amide bonds. The summed E-state index contributed by atoms with van der Waals surface area (Å²) in [5, 5.41) is 5.96. The van der Waals surface area contributed by atoms with Gasteiger partial charge in [0, 0.05) is 24.2 Å². The number of nitrogens with one attached hydrogen (secondary N) is 1. The lowest BCUT2D eigenvalue weighted by atomic mass is 10.1. The molecule has 0 bridgehead atoms. The van der Waals surface area contributed by atoms with Crippen LogP contribution in [0.25, 0.3) is 9.53 Å². The summed E-state index contributed by atoms with van der Waals surface area (Å²) >= 11 is 3.19. The van der Waals surface area contributed by atoms with Crippen molar-refractivity contribution in [2.24, 2.45) is 0 Å². The number of thiazole rings is 1. The van der Waals surface area contributed by atoms with Crippen LogP contribution in [0, 0.1) is 6.92 Å². The van der Waals surface area contributed by atoms with Gasteiger partial charge in [-0.25, -0.2) is 4.98 Å². The van der Waals surface area contributed by atoms with Gasteiger partial charge < -0.3 is 10.2 Å². The van der Waals surface area contributed by atoms with Gasteiger partial charge in [-0.3, -0.25) is 4.79 Å². The Morgan fingerprint density at radius 1 is 1.17 bits per heavy atom. The van der Waals surface area contributed by atoms with E-state index in [0.29, 0.717) is 0 Å². The molecule has 1 fully saturated rings. The quantitative estimate of drug-likeness (QED) is 0.724. The van der Waals surface area contributed by atoms with Crippen LogP contribution in [0.15, 0.2) is 29.6 Å². The minimum Gasteiger partial charge on any atom is -0.348 e. The second kappa shape index (κ2) is 6.53. The molecule has 0 aliphatic carbocycles. The van der Waals surface area contributed by atoms with Crippen molar-refractivity contribution in [3.05, 3.63) is 40.8 Å². The minimum absolute atomic E-state index is 0.0565. The number of hydrogen-bond acceptors (Lipinski definition) is 5. The molecule has 24 heavy (non-hydrogen) atoms. The highest BCUT2D eigenvalue weighted by molar-refractivity contribution is 7.29. The van der Waals surface area contributed by atoms with Crippen molar-refractivity contribution in [3.8, 4) is 0 Å². The smallest absolute Gasteiger partial charge is 0.258 e. The van der Waals surface area contributed by atoms with Crippen LogP contribution in [0.4, 0.5) is 10.8 Å². The van der Waals surface area contributed by atoms with Crippen LogP contribution in [0.5, 0.6) is 0 Å². The number of aryl methyl sites for hydroxylation is 1. The summed E-state index contributed by atoms with van der Waals surface area (Å²) in [5.41, 5.74) is 2.74. The fourth-order valence-corrected chi connectivity index (χ4v) is 5.16. The number of carbonyl (C=O) groups excluding carboxylic acids is 1. The lowest BCUT2D eigenvalue weighted by Gasteiger charge is -2.25. The molecule has 3 aromatic rings. The molecular formula is C18H19N3OS2. The first-order chi connectivity index (χ1) is 11.7. The zero-order chi connectivity index (χ0) is 16.5. The molecule has 3 heterocycles. The number of rotatable bonds is 3. The van der Waals surface area contributed by atoms with Crippen LogP contribution in [0.3, 0.4) is 0 Å². The maximum Gasteiger partial charge on any atom is 0.258 e. The van der Waals surface area contributed by atoms with Gasteiger partial charge in [0.05, 0.1) is 10.3 Å². The number of anilines is 2. The predicted molar refractivity (Wildman–Crippen MR) is 103 cm³/mol. The standard InChI is InChI=1S/C18H19N3OS2/c1-12-5-7-13(8-6-12)19-16(22)14-11-23-17-15(14)24-18(20-17)21-9-3-2-4-10-21/h5-8,11H,2-4,9-10H2,1H3,(H,19,22). The number of thiophene rings is 1. The fraction of sp³-hybridized carbons (Fsp3) is 0.333. The SMILES string of the molecule is Cc1ccc(NC(=O)c2csc3nc(N4CCCCC4)sc23)cc1. The third kappa shape index (κ3) is 3.03. The summed E-state index contributed by atoms with van der Waals surface area (Å²) < 4.78 is 1.00. The zero-order valence-corrected chi connectivity index (χ0v) is 15.2. The molecule has 0 atom stereocenters. The van der Waals surface area contributed by atoms with Gasteiger partial charge in [-0.15, -0.1) is 11.3 Å². The monoisotopic (exact) mass is 357 g/mol. The van der Waals surface area contributed by atoms with E-state index in [9.17, 15) is 4.79 Å². The first-order valence-corrected chi connectivity index (χ1v) is 9.91. The van der Waals surface area contributed by atoms with Gasteiger partial charge in [0.15, 0.2) is 5.13 Å². The second-order valence-corrected chi connectivity index (χ2v) is 7.98. The average Bonchev–Trinajstić information content (AvgIpc) is 3.18. The van der Waals surface area contributed by atoms with Gasteiger partial charge in [-0.2, -0.15) is 0 Å². The fourth-order valence-electron chi connectivity index (χ4n) is 2.93. The maximum atomic E-state index is 12.6. The highest BCUT2D eigenvalue weighted by Gasteiger charge is 2.20. The minimum atomic E-state index is -0.0565. The van der Waals surface area contributed by atoms with Gasteiger partial charge in [-0.05, 0) is 38.3 Å². The molecule has 1 aliphatic heterocycles. The van der Waals surface area contributed by atoms with E-state index < -0.39 is 0 Å². The highest BCUT2D eigenvalue weighted by Crippen LogP contribution is 2.36. The molecule has 4 rings (SSSR count). The molecule has 0 saturated carbocycles. The number of hydrogen-bond donors (Lipinski definition) is 1. The number of benzene rings is 1. The molecule has 0 spiro atoms. The Labute approximate surface area is 149 Å². The second-order valence-electron chi connectivity index (χ2n) is 6.15. The summed E-state index contributed by atoms with van der Waals surface area (Å²) in [6.45, 7) is 4.19. The molecule has 2 aromatic heterocycles. The van der Waals surface area contributed by atoms with E-state index in [1.54, 1.807) is 22.7 Å². The third-order valence-electron chi connectivity index (χ3n) is 4.30. The van der Waals surface area contributed by atoms with Gasteiger partial charge in [0.2, 0.25) is 0 Å². The first kappa shape index (κ1) is 15.6. The van der Waals surface area contributed by atoms with E-state index >= 15 is 0 Å². The van der Waals surface area contributed by atoms with Crippen molar-refractivity contribution in [1.29, 1.82) is 0 Å². The van der Waals surface area contributed by atoms with Crippen LogP contribution >= 0.6 is 22.7 Å². The van der Waals surface area contributed by atoms with E-state index in [4.69, 9.17) is 4.98 Å². The summed E-state index contributed by atoms with van der Waals surface area (Å²) in [4.78, 5) is 20.7. The number of amides is 1. The summed E-state index contributed by atoms with van der Waals surface area (Å²) in [5.74, 6) is -0.0565. The van der Waals surface area contributed by atoms with Crippen LogP contribution in [0.1, 0.15) is 35.2 Å². The van der Waals surface area contributed by atoms with Gasteiger partial charge in [0.1, 0.15) is 4.83 Å². The van der Waals surface area contributed by atoms with E-state index in [1.165, 1.54) is 24.8 Å². The number of piperidine rings is 1. The largest absolute Gasteiger partial charge is 0.348 e. The lowest BCUT2D eigenvalue weighted by molar-refractivity contribution is 0.102. The maximum absolute atomic E-state index is 12.6. The third-order valence-corrected chi connectivity index (χ3v) is 6.45. The van der Waals surface area contributed by atoms with Crippen molar-refractivity contribution >= 4 is 48.9 Å². The van der Waals surface area contributed by atoms with Gasteiger partial charge >= 0.3 is 0 Å². The normalized spacial score (nSPS) is 15.0. The molecule has 1 saturated heterocycles. The van der Waals surface area contributed by atoms with Crippen molar-refractivity contribution in [2.45, 2.75) is 26.2 Å². The van der Waals surface area contributed by atoms with E-state index in [1.807, 2.05) is 36.6 Å². The topological polar surface area (TPSA) is 45.2 Å². The Morgan fingerprint density at radius 2 is 1.92 bits per heavy atom. The first-order valence-electron chi connectivity index (χ1n) is 8.22. The summed E-state index contributed by atoms with van der Waals surface area (Å²) in [6, 6.07) is 7.87. The molecule has 124 valence electrons. The van der Waals surface area contributed by atoms with Gasteiger partial charge in [-0.1, -0.05) is 29.0 Å². The number of fused-ring (bicyclic) bond motifs is 1. The Kier molecular flexibility index (Phi) is 4.24. The summed E-state index contributed by atoms with van der Waals surface area (Å²) in [7, 11) is 0. The number of nitrogens with zero attached hydrogens (tertiary/aromatic N) is 2. The Bertz CT molecular complexity index is 860. The van der Waals surface area contributed by atoms with E-state index in [2.05, 4.69) is 10.2 Å². The predicted octanol–water partition coefficient (Wildman–Crippen LogP) is 4.91. The molecule has 0 unspecified atom stereocenters. The summed E-state index contributed by atoms with van der Waals surface area (Å²) in [6.07, 6.45) is 3.77. The van der Waals surface area contributed by atoms with Crippen LogP contribution in [-0.2, 0) is 0 Å². The lowest BCUT2D eigenvalue weighted by Crippen LogP contribution is -2.29. The average molecular weight is 358 g/mol. The molecule has 1 aliphatic rings. The van der Waals surface area contributed by atoms with E-state index in [0.717, 1.165) is 39.0 Å². The van der Waals surface area contributed by atoms with Crippen molar-refractivity contribution in [3.63, 3.8) is 0 Å². The zero-order valence-electron chi connectivity index (χ0n) is 13.5. The number of carbonyl (C=O) groups is 1. The molecule has 6 heteroatoms. The van der Waals surface area contributed by atoms with Crippen molar-refractivity contribution < 1.29 is 4.79 Å². The molecule has 1 aromatic carbocycles. The van der Waals surface area contributed by atoms with Crippen molar-refractivity contribution in [1.82, 2.24) is 4.98 Å². The Balaban J connectivity index is 1.58. The Hall–Kier alpha value is -1.92. The van der Waals surface area contributed by atoms with E-state index in [-0.39, 0.29) is 5.91 Å². The molecule has 1 N–H and O–H groups in total. The highest BCUT2D eigenvalue weighted by atomic mass is 32.1. The molecule has 4 nitrogen and oxygen atoms in total. The van der Waals surface area contributed by atoms with Crippen molar-refractivity contribution in [2.75, 3.05) is 23.3 Å². The number of aromatic nitrogens is 1. The molecular weight excluding hydrogens is 338 g/mol. The van der Waals surface area contributed by atoms with Gasteiger partial charge in [0.25, 0.3) is 5.91 Å². The Morgan fingerprint density at radius 3 is 2.67 bits per heavy atom. The van der Waals surface area contributed by atoms with Crippen LogP contribution in [0.2, 0.25) is 0 Å². The van der Waals surface area contributed by atoms with Crippen LogP contribution in [-0.4, -0.2) is 24.0 Å². The van der Waals surface area contributed by atoms with Crippen LogP contribution < -0.4 is 10.2 Å².